The molecule has 0 saturated carbocycles. The van der Waals surface area contributed by atoms with Crippen molar-refractivity contribution in [1.29, 1.82) is 0 Å². The number of halogens is 2. The molecule has 7 heteroatoms. The Labute approximate surface area is 138 Å². The number of amides is 1. The van der Waals surface area contributed by atoms with Crippen LogP contribution in [0.2, 0.25) is 10.0 Å². The van der Waals surface area contributed by atoms with Gasteiger partial charge in [0, 0.05) is 11.1 Å². The molecule has 0 fully saturated rings. The summed E-state index contributed by atoms with van der Waals surface area (Å²) in [5.41, 5.74) is 4.21. The van der Waals surface area contributed by atoms with Crippen molar-refractivity contribution in [2.45, 2.75) is 26.2 Å². The van der Waals surface area contributed by atoms with Crippen LogP contribution in [0, 0.1) is 0 Å². The monoisotopic (exact) mass is 338 g/mol. The quantitative estimate of drug-likeness (QED) is 0.660. The van der Waals surface area contributed by atoms with Gasteiger partial charge in [-0.2, -0.15) is 10.2 Å². The first-order valence-electron chi connectivity index (χ1n) is 6.62. The average Bonchev–Trinajstić information content (AvgIpc) is 2.92. The molecule has 2 N–H and O–H groups in total. The topological polar surface area (TPSA) is 70.1 Å². The summed E-state index contributed by atoms with van der Waals surface area (Å²) in [6.07, 6.45) is 1.48. The Bertz CT molecular complexity index is 717. The summed E-state index contributed by atoms with van der Waals surface area (Å²) >= 11 is 11.7. The molecule has 1 aromatic heterocycles. The van der Waals surface area contributed by atoms with E-state index in [1.807, 2.05) is 20.8 Å². The fourth-order valence-corrected chi connectivity index (χ4v) is 1.94. The first-order chi connectivity index (χ1) is 10.3. The second kappa shape index (κ2) is 6.50. The molecule has 1 amide bonds. The summed E-state index contributed by atoms with van der Waals surface area (Å²) in [4.78, 5) is 11.9. The van der Waals surface area contributed by atoms with Crippen LogP contribution >= 0.6 is 23.2 Å². The summed E-state index contributed by atoms with van der Waals surface area (Å²) in [6, 6.07) is 6.78. The molecule has 22 heavy (non-hydrogen) atoms. The highest BCUT2D eigenvalue weighted by Crippen LogP contribution is 2.22. The summed E-state index contributed by atoms with van der Waals surface area (Å²) in [7, 11) is 0. The number of carbonyl (C=O) groups excluding carboxylic acids is 1. The standard InChI is InChI=1S/C15H16Cl2N4O/c1-15(2,3)13-7-12(19-20-13)14(22)21-18-8-9-4-5-10(16)11(17)6-9/h4-8H,1-3H3,(H,19,20)(H,21,22). The van der Waals surface area contributed by atoms with Crippen molar-refractivity contribution < 1.29 is 4.79 Å². The molecule has 0 saturated heterocycles. The largest absolute Gasteiger partial charge is 0.291 e. The molecular formula is C15H16Cl2N4O. The number of benzene rings is 1. The van der Waals surface area contributed by atoms with Crippen molar-refractivity contribution in [3.8, 4) is 0 Å². The van der Waals surface area contributed by atoms with Crippen molar-refractivity contribution in [2.75, 3.05) is 0 Å². The molecule has 5 nitrogen and oxygen atoms in total. The van der Waals surface area contributed by atoms with Crippen LogP contribution in [0.1, 0.15) is 42.5 Å². The molecule has 0 spiro atoms. The number of carbonyl (C=O) groups is 1. The van der Waals surface area contributed by atoms with Gasteiger partial charge in [-0.1, -0.05) is 50.0 Å². The molecule has 0 bridgehead atoms. The molecule has 116 valence electrons. The fourth-order valence-electron chi connectivity index (χ4n) is 1.64. The third-order valence-electron chi connectivity index (χ3n) is 2.94. The number of hydrazone groups is 1. The van der Waals surface area contributed by atoms with E-state index in [2.05, 4.69) is 20.7 Å². The highest BCUT2D eigenvalue weighted by atomic mass is 35.5. The van der Waals surface area contributed by atoms with E-state index in [9.17, 15) is 4.79 Å². The highest BCUT2D eigenvalue weighted by Gasteiger charge is 2.19. The Kier molecular flexibility index (Phi) is 4.88. The zero-order valence-electron chi connectivity index (χ0n) is 12.4. The fraction of sp³-hybridized carbons (Fsp3) is 0.267. The normalized spacial score (nSPS) is 11.9. The lowest BCUT2D eigenvalue weighted by atomic mass is 9.92. The Morgan fingerprint density at radius 3 is 2.59 bits per heavy atom. The van der Waals surface area contributed by atoms with Crippen LogP contribution < -0.4 is 5.43 Å². The van der Waals surface area contributed by atoms with Crippen molar-refractivity contribution in [1.82, 2.24) is 15.6 Å². The molecule has 0 aliphatic rings. The molecule has 0 unspecified atom stereocenters. The minimum atomic E-state index is -0.386. The lowest BCUT2D eigenvalue weighted by Crippen LogP contribution is -2.18. The Morgan fingerprint density at radius 1 is 1.27 bits per heavy atom. The molecule has 0 aliphatic heterocycles. The van der Waals surface area contributed by atoms with Crippen molar-refractivity contribution >= 4 is 35.3 Å². The predicted molar refractivity (Wildman–Crippen MR) is 88.8 cm³/mol. The van der Waals surface area contributed by atoms with Gasteiger partial charge in [-0.05, 0) is 23.8 Å². The summed E-state index contributed by atoms with van der Waals surface area (Å²) in [6.45, 7) is 6.10. The average molecular weight is 339 g/mol. The van der Waals surface area contributed by atoms with E-state index >= 15 is 0 Å². The molecule has 0 aliphatic carbocycles. The third-order valence-corrected chi connectivity index (χ3v) is 3.68. The number of aromatic amines is 1. The summed E-state index contributed by atoms with van der Waals surface area (Å²) < 4.78 is 0. The van der Waals surface area contributed by atoms with Crippen LogP contribution in [0.4, 0.5) is 0 Å². The molecule has 0 radical (unpaired) electrons. The van der Waals surface area contributed by atoms with Crippen LogP contribution in [0.3, 0.4) is 0 Å². The number of hydrogen-bond donors (Lipinski definition) is 2. The third kappa shape index (κ3) is 4.08. The van der Waals surface area contributed by atoms with Crippen molar-refractivity contribution in [3.63, 3.8) is 0 Å². The molecular weight excluding hydrogens is 323 g/mol. The number of nitrogens with zero attached hydrogens (tertiary/aromatic N) is 2. The van der Waals surface area contributed by atoms with Gasteiger partial charge in [0.15, 0.2) is 5.69 Å². The van der Waals surface area contributed by atoms with Gasteiger partial charge in [0.05, 0.1) is 16.3 Å². The number of nitrogens with one attached hydrogen (secondary N) is 2. The van der Waals surface area contributed by atoms with E-state index in [4.69, 9.17) is 23.2 Å². The van der Waals surface area contributed by atoms with Gasteiger partial charge < -0.3 is 0 Å². The maximum Gasteiger partial charge on any atom is 0.291 e. The van der Waals surface area contributed by atoms with Crippen LogP contribution in [0.15, 0.2) is 29.4 Å². The lowest BCUT2D eigenvalue weighted by Gasteiger charge is -2.14. The van der Waals surface area contributed by atoms with Gasteiger partial charge in [0.25, 0.3) is 5.91 Å². The molecule has 2 rings (SSSR count). The first kappa shape index (κ1) is 16.5. The summed E-state index contributed by atoms with van der Waals surface area (Å²) in [5.74, 6) is -0.386. The number of hydrogen-bond acceptors (Lipinski definition) is 3. The second-order valence-corrected chi connectivity index (χ2v) is 6.60. The minimum Gasteiger partial charge on any atom is -0.281 e. The van der Waals surface area contributed by atoms with Gasteiger partial charge >= 0.3 is 0 Å². The number of H-pyrrole nitrogens is 1. The molecule has 2 aromatic rings. The second-order valence-electron chi connectivity index (χ2n) is 5.79. The number of rotatable bonds is 3. The molecule has 1 heterocycles. The lowest BCUT2D eigenvalue weighted by molar-refractivity contribution is 0.0950. The van der Waals surface area contributed by atoms with Crippen LogP contribution in [-0.2, 0) is 5.41 Å². The van der Waals surface area contributed by atoms with Crippen LogP contribution in [0.25, 0.3) is 0 Å². The minimum absolute atomic E-state index is 0.102. The van der Waals surface area contributed by atoms with E-state index in [1.54, 1.807) is 24.3 Å². The predicted octanol–water partition coefficient (Wildman–Crippen LogP) is 3.78. The van der Waals surface area contributed by atoms with Crippen LogP contribution in [-0.4, -0.2) is 22.3 Å². The van der Waals surface area contributed by atoms with E-state index in [1.165, 1.54) is 6.21 Å². The van der Waals surface area contributed by atoms with Gasteiger partial charge in [0.1, 0.15) is 0 Å². The van der Waals surface area contributed by atoms with Crippen molar-refractivity contribution in [3.05, 3.63) is 51.3 Å². The van der Waals surface area contributed by atoms with E-state index in [0.29, 0.717) is 10.0 Å². The number of aromatic nitrogens is 2. The van der Waals surface area contributed by atoms with Crippen molar-refractivity contribution in [2.24, 2.45) is 5.10 Å². The zero-order chi connectivity index (χ0) is 16.3. The maximum atomic E-state index is 11.9. The van der Waals surface area contributed by atoms with E-state index < -0.39 is 0 Å². The van der Waals surface area contributed by atoms with Gasteiger partial charge in [0.2, 0.25) is 0 Å². The Hall–Kier alpha value is -1.85. The maximum absolute atomic E-state index is 11.9. The SMILES string of the molecule is CC(C)(C)c1cc(C(=O)NN=Cc2ccc(Cl)c(Cl)c2)n[nH]1. The van der Waals surface area contributed by atoms with E-state index in [-0.39, 0.29) is 17.0 Å². The highest BCUT2D eigenvalue weighted by molar-refractivity contribution is 6.42. The van der Waals surface area contributed by atoms with Gasteiger partial charge in [-0.15, -0.1) is 0 Å². The zero-order valence-corrected chi connectivity index (χ0v) is 14.0. The smallest absolute Gasteiger partial charge is 0.281 e. The Morgan fingerprint density at radius 2 is 2.00 bits per heavy atom. The van der Waals surface area contributed by atoms with Gasteiger partial charge in [-0.3, -0.25) is 9.89 Å². The van der Waals surface area contributed by atoms with E-state index in [0.717, 1.165) is 11.3 Å². The van der Waals surface area contributed by atoms with Crippen LogP contribution in [0.5, 0.6) is 0 Å². The summed E-state index contributed by atoms with van der Waals surface area (Å²) in [5, 5.41) is 11.6. The first-order valence-corrected chi connectivity index (χ1v) is 7.37. The molecule has 1 aromatic carbocycles. The van der Waals surface area contributed by atoms with Gasteiger partial charge in [-0.25, -0.2) is 5.43 Å². The Balaban J connectivity index is 2.01. The molecule has 0 atom stereocenters.